The number of allylic oxidation sites excluding steroid dienone is 1. The molecule has 0 atom stereocenters. The topological polar surface area (TPSA) is 0 Å². The minimum absolute atomic E-state index is 1.13. The number of rotatable bonds is 4. The zero-order valence-electron chi connectivity index (χ0n) is 4.98. The molecule has 0 amide bonds. The molecule has 0 N–H and O–H groups in total. The van der Waals surface area contributed by atoms with Crippen LogP contribution in [0.25, 0.3) is 0 Å². The van der Waals surface area contributed by atoms with Gasteiger partial charge >= 0.3 is 0 Å². The molecule has 0 aromatic rings. The van der Waals surface area contributed by atoms with Gasteiger partial charge in [0.05, 0.1) is 0 Å². The van der Waals surface area contributed by atoms with Gasteiger partial charge < -0.3 is 0 Å². The maximum atomic E-state index is 3.61. The summed E-state index contributed by atoms with van der Waals surface area (Å²) in [6, 6.07) is 0. The fourth-order valence-electron chi connectivity index (χ4n) is 0.440. The SMILES string of the molecule is C=CCC[CH]CC. The van der Waals surface area contributed by atoms with Crippen LogP contribution in [-0.2, 0) is 0 Å². The van der Waals surface area contributed by atoms with E-state index in [-0.39, 0.29) is 0 Å². The molecule has 0 spiro atoms. The fourth-order valence-corrected chi connectivity index (χ4v) is 0.440. The van der Waals surface area contributed by atoms with Crippen LogP contribution < -0.4 is 0 Å². The van der Waals surface area contributed by atoms with Crippen molar-refractivity contribution in [3.05, 3.63) is 19.1 Å². The maximum absolute atomic E-state index is 3.61. The third-order valence-electron chi connectivity index (χ3n) is 0.864. The Balaban J connectivity index is 2.56. The lowest BCUT2D eigenvalue weighted by atomic mass is 10.2. The first-order valence-corrected chi connectivity index (χ1v) is 2.84. The monoisotopic (exact) mass is 97.1 g/mol. The molecule has 0 rings (SSSR count). The molecule has 0 aliphatic heterocycles. The van der Waals surface area contributed by atoms with E-state index in [1.165, 1.54) is 12.8 Å². The second kappa shape index (κ2) is 5.74. The van der Waals surface area contributed by atoms with Gasteiger partial charge in [-0.25, -0.2) is 0 Å². The van der Waals surface area contributed by atoms with Crippen molar-refractivity contribution in [3.63, 3.8) is 0 Å². The van der Waals surface area contributed by atoms with Crippen molar-refractivity contribution in [2.75, 3.05) is 0 Å². The lowest BCUT2D eigenvalue weighted by Crippen LogP contribution is -1.69. The molecule has 0 unspecified atom stereocenters. The molecule has 1 radical (unpaired) electrons. The molecule has 41 valence electrons. The van der Waals surface area contributed by atoms with Crippen LogP contribution in [0, 0.1) is 6.42 Å². The van der Waals surface area contributed by atoms with Gasteiger partial charge in [0.25, 0.3) is 0 Å². The third-order valence-corrected chi connectivity index (χ3v) is 0.864. The van der Waals surface area contributed by atoms with E-state index in [9.17, 15) is 0 Å². The molecule has 0 aliphatic carbocycles. The van der Waals surface area contributed by atoms with E-state index in [2.05, 4.69) is 19.9 Å². The summed E-state index contributed by atoms with van der Waals surface area (Å²) in [4.78, 5) is 0. The van der Waals surface area contributed by atoms with Crippen LogP contribution in [0.15, 0.2) is 12.7 Å². The van der Waals surface area contributed by atoms with E-state index >= 15 is 0 Å². The summed E-state index contributed by atoms with van der Waals surface area (Å²) in [5.41, 5.74) is 0. The van der Waals surface area contributed by atoms with Crippen molar-refractivity contribution in [2.24, 2.45) is 0 Å². The predicted molar refractivity (Wildman–Crippen MR) is 34.0 cm³/mol. The second-order valence-electron chi connectivity index (χ2n) is 1.56. The summed E-state index contributed by atoms with van der Waals surface area (Å²) in [6.45, 7) is 5.77. The smallest absolute Gasteiger partial charge is 0.0351 e. The van der Waals surface area contributed by atoms with Gasteiger partial charge in [-0.05, 0) is 19.3 Å². The van der Waals surface area contributed by atoms with Gasteiger partial charge in [0, 0.05) is 0 Å². The average molecular weight is 97.2 g/mol. The highest BCUT2D eigenvalue weighted by atomic mass is 13.8. The number of hydrogen-bond acceptors (Lipinski definition) is 0. The van der Waals surface area contributed by atoms with E-state index in [1.807, 2.05) is 6.08 Å². The largest absolute Gasteiger partial charge is 0.103 e. The van der Waals surface area contributed by atoms with Gasteiger partial charge in [0.1, 0.15) is 0 Å². The van der Waals surface area contributed by atoms with Crippen molar-refractivity contribution < 1.29 is 0 Å². The summed E-state index contributed by atoms with van der Waals surface area (Å²) in [5, 5.41) is 0. The highest BCUT2D eigenvalue weighted by Gasteiger charge is 1.77. The molecule has 0 nitrogen and oxygen atoms in total. The van der Waals surface area contributed by atoms with Gasteiger partial charge in [-0.1, -0.05) is 19.4 Å². The van der Waals surface area contributed by atoms with Crippen molar-refractivity contribution in [3.8, 4) is 0 Å². The molecule has 0 aromatic carbocycles. The van der Waals surface area contributed by atoms with Crippen LogP contribution in [0.4, 0.5) is 0 Å². The van der Waals surface area contributed by atoms with E-state index < -0.39 is 0 Å². The summed E-state index contributed by atoms with van der Waals surface area (Å²) >= 11 is 0. The van der Waals surface area contributed by atoms with Crippen molar-refractivity contribution in [2.45, 2.75) is 26.2 Å². The van der Waals surface area contributed by atoms with Crippen LogP contribution >= 0.6 is 0 Å². The van der Waals surface area contributed by atoms with E-state index in [4.69, 9.17) is 0 Å². The number of hydrogen-bond donors (Lipinski definition) is 0. The molecule has 0 heterocycles. The van der Waals surface area contributed by atoms with Gasteiger partial charge in [-0.2, -0.15) is 0 Å². The van der Waals surface area contributed by atoms with Crippen molar-refractivity contribution in [1.29, 1.82) is 0 Å². The lowest BCUT2D eigenvalue weighted by molar-refractivity contribution is 0.903. The van der Waals surface area contributed by atoms with Gasteiger partial charge in [0.2, 0.25) is 0 Å². The number of unbranched alkanes of at least 4 members (excludes halogenated alkanes) is 3. The van der Waals surface area contributed by atoms with Crippen LogP contribution in [0.1, 0.15) is 26.2 Å². The molecule has 0 saturated heterocycles. The molecular formula is C7H13. The normalized spacial score (nSPS) is 8.71. The minimum atomic E-state index is 1.13. The Morgan fingerprint density at radius 2 is 2.14 bits per heavy atom. The van der Waals surface area contributed by atoms with Crippen LogP contribution in [0.3, 0.4) is 0 Å². The first kappa shape index (κ1) is 6.74. The fraction of sp³-hybridized carbons (Fsp3) is 0.571. The highest BCUT2D eigenvalue weighted by molar-refractivity contribution is 4.71. The Bertz CT molecular complexity index is 37.3. The second-order valence-corrected chi connectivity index (χ2v) is 1.56. The molecule has 0 aliphatic rings. The van der Waals surface area contributed by atoms with Gasteiger partial charge in [-0.15, -0.1) is 6.58 Å². The van der Waals surface area contributed by atoms with Crippen LogP contribution in [0.5, 0.6) is 0 Å². The third kappa shape index (κ3) is 5.74. The zero-order chi connectivity index (χ0) is 5.54. The Kier molecular flexibility index (Phi) is 5.53. The summed E-state index contributed by atoms with van der Waals surface area (Å²) in [5.74, 6) is 0. The molecule has 0 bridgehead atoms. The first-order chi connectivity index (χ1) is 3.41. The van der Waals surface area contributed by atoms with Crippen molar-refractivity contribution >= 4 is 0 Å². The van der Waals surface area contributed by atoms with E-state index in [0.717, 1.165) is 6.42 Å². The van der Waals surface area contributed by atoms with E-state index in [0.29, 0.717) is 0 Å². The van der Waals surface area contributed by atoms with Crippen LogP contribution in [-0.4, -0.2) is 0 Å². The quantitative estimate of drug-likeness (QED) is 0.373. The zero-order valence-corrected chi connectivity index (χ0v) is 4.98. The summed E-state index contributed by atoms with van der Waals surface area (Å²) in [7, 11) is 0. The molecular weight excluding hydrogens is 84.1 g/mol. The van der Waals surface area contributed by atoms with Gasteiger partial charge in [0.15, 0.2) is 0 Å². The van der Waals surface area contributed by atoms with Crippen molar-refractivity contribution in [1.82, 2.24) is 0 Å². The Morgan fingerprint density at radius 1 is 1.43 bits per heavy atom. The average Bonchev–Trinajstić information content (AvgIpc) is 1.69. The molecule has 7 heavy (non-hydrogen) atoms. The predicted octanol–water partition coefficient (Wildman–Crippen LogP) is 2.57. The summed E-state index contributed by atoms with van der Waals surface area (Å²) in [6.07, 6.45) is 7.73. The molecule has 0 heteroatoms. The standard InChI is InChI=1S/C7H13/c1-3-5-7-6-4-2/h3,6H,1,4-5,7H2,2H3. The molecule has 0 fully saturated rings. The first-order valence-electron chi connectivity index (χ1n) is 2.84. The van der Waals surface area contributed by atoms with Crippen LogP contribution in [0.2, 0.25) is 0 Å². The maximum Gasteiger partial charge on any atom is -0.0351 e. The Hall–Kier alpha value is -0.260. The lowest BCUT2D eigenvalue weighted by Gasteiger charge is -1.87. The minimum Gasteiger partial charge on any atom is -0.103 e. The highest BCUT2D eigenvalue weighted by Crippen LogP contribution is 1.95. The summed E-state index contributed by atoms with van der Waals surface area (Å²) < 4.78 is 0. The molecule has 0 aromatic heterocycles. The van der Waals surface area contributed by atoms with E-state index in [1.54, 1.807) is 0 Å². The Labute approximate surface area is 46.2 Å². The van der Waals surface area contributed by atoms with Gasteiger partial charge in [-0.3, -0.25) is 0 Å². The molecule has 0 saturated carbocycles. The Morgan fingerprint density at radius 3 is 2.57 bits per heavy atom.